The zero-order valence-corrected chi connectivity index (χ0v) is 13.4. The summed E-state index contributed by atoms with van der Waals surface area (Å²) in [5.74, 6) is -0.0583. The Morgan fingerprint density at radius 1 is 1.41 bits per heavy atom. The van der Waals surface area contributed by atoms with Gasteiger partial charge in [-0.3, -0.25) is 9.78 Å². The number of carbonyl (C=O) groups is 1. The van der Waals surface area contributed by atoms with Crippen LogP contribution < -0.4 is 5.32 Å². The molecule has 4 nitrogen and oxygen atoms in total. The van der Waals surface area contributed by atoms with Gasteiger partial charge in [-0.2, -0.15) is 0 Å². The van der Waals surface area contributed by atoms with E-state index in [9.17, 15) is 4.79 Å². The average Bonchev–Trinajstić information content (AvgIpc) is 3.10. The molecule has 1 fully saturated rings. The van der Waals surface area contributed by atoms with E-state index in [1.165, 1.54) is 0 Å². The van der Waals surface area contributed by atoms with Gasteiger partial charge in [0.05, 0.1) is 12.0 Å². The molecule has 1 aliphatic heterocycles. The minimum absolute atomic E-state index is 0.0195. The molecule has 0 bridgehead atoms. The molecule has 0 aromatic carbocycles. The van der Waals surface area contributed by atoms with Gasteiger partial charge < -0.3 is 10.1 Å². The molecule has 116 valence electrons. The molecule has 2 aromatic heterocycles. The van der Waals surface area contributed by atoms with E-state index in [1.807, 2.05) is 36.6 Å². The summed E-state index contributed by atoms with van der Waals surface area (Å²) in [4.78, 5) is 17.7. The van der Waals surface area contributed by atoms with Crippen molar-refractivity contribution in [3.8, 4) is 0 Å². The molecular weight excluding hydrogens is 296 g/mol. The molecular formula is C17H20N2O2S. The van der Waals surface area contributed by atoms with Gasteiger partial charge in [-0.1, -0.05) is 6.07 Å². The lowest BCUT2D eigenvalue weighted by Gasteiger charge is -2.33. The number of ether oxygens (including phenoxy) is 1. The fourth-order valence-electron chi connectivity index (χ4n) is 2.79. The summed E-state index contributed by atoms with van der Waals surface area (Å²) >= 11 is 1.62. The Kier molecular flexibility index (Phi) is 4.85. The van der Waals surface area contributed by atoms with Crippen molar-refractivity contribution in [3.63, 3.8) is 0 Å². The van der Waals surface area contributed by atoms with E-state index in [2.05, 4.69) is 10.3 Å². The monoisotopic (exact) mass is 316 g/mol. The van der Waals surface area contributed by atoms with Crippen molar-refractivity contribution in [2.75, 3.05) is 6.61 Å². The maximum Gasteiger partial charge on any atom is 0.228 e. The minimum atomic E-state index is -0.125. The number of hydrogen-bond acceptors (Lipinski definition) is 4. The fraction of sp³-hybridized carbons (Fsp3) is 0.412. The van der Waals surface area contributed by atoms with Gasteiger partial charge in [-0.15, -0.1) is 11.3 Å². The number of hydrogen-bond donors (Lipinski definition) is 1. The molecule has 0 aliphatic carbocycles. The third kappa shape index (κ3) is 3.36. The Bertz CT molecular complexity index is 600. The van der Waals surface area contributed by atoms with E-state index in [0.29, 0.717) is 0 Å². The lowest BCUT2D eigenvalue weighted by atomic mass is 9.96. The maximum absolute atomic E-state index is 12.5. The molecule has 0 radical (unpaired) electrons. The number of nitrogens with one attached hydrogen (secondary N) is 1. The van der Waals surface area contributed by atoms with E-state index in [-0.39, 0.29) is 24.0 Å². The number of nitrogens with zero attached hydrogens (tertiary/aromatic N) is 1. The Balaban J connectivity index is 1.70. The molecule has 3 atom stereocenters. The smallest absolute Gasteiger partial charge is 0.228 e. The van der Waals surface area contributed by atoms with Gasteiger partial charge in [0.25, 0.3) is 0 Å². The summed E-state index contributed by atoms with van der Waals surface area (Å²) in [7, 11) is 0. The van der Waals surface area contributed by atoms with E-state index >= 15 is 0 Å². The molecule has 1 aliphatic rings. The van der Waals surface area contributed by atoms with Gasteiger partial charge in [0.1, 0.15) is 6.10 Å². The van der Waals surface area contributed by atoms with E-state index in [4.69, 9.17) is 4.74 Å². The largest absolute Gasteiger partial charge is 0.371 e. The van der Waals surface area contributed by atoms with Crippen LogP contribution in [0, 0.1) is 0 Å². The van der Waals surface area contributed by atoms with Crippen LogP contribution in [0.5, 0.6) is 0 Å². The van der Waals surface area contributed by atoms with Gasteiger partial charge in [-0.25, -0.2) is 0 Å². The van der Waals surface area contributed by atoms with Crippen molar-refractivity contribution in [2.45, 2.75) is 37.8 Å². The molecule has 0 saturated carbocycles. The number of pyridine rings is 1. The zero-order valence-electron chi connectivity index (χ0n) is 12.6. The highest BCUT2D eigenvalue weighted by atomic mass is 32.1. The number of aromatic nitrogens is 1. The fourth-order valence-corrected chi connectivity index (χ4v) is 3.57. The highest BCUT2D eigenvalue weighted by Gasteiger charge is 2.30. The molecule has 1 N–H and O–H groups in total. The van der Waals surface area contributed by atoms with Gasteiger partial charge >= 0.3 is 0 Å². The van der Waals surface area contributed by atoms with Crippen LogP contribution in [-0.2, 0) is 9.53 Å². The molecule has 1 amide bonds. The quantitative estimate of drug-likeness (QED) is 0.942. The Morgan fingerprint density at radius 2 is 2.23 bits per heavy atom. The van der Waals surface area contributed by atoms with Crippen molar-refractivity contribution >= 4 is 17.2 Å². The van der Waals surface area contributed by atoms with Crippen LogP contribution in [0.3, 0.4) is 0 Å². The van der Waals surface area contributed by atoms with Crippen molar-refractivity contribution in [1.29, 1.82) is 0 Å². The lowest BCUT2D eigenvalue weighted by Crippen LogP contribution is -2.44. The van der Waals surface area contributed by atoms with Gasteiger partial charge in [0, 0.05) is 23.9 Å². The Hall–Kier alpha value is -1.72. The molecule has 0 unspecified atom stereocenters. The number of thiophene rings is 1. The highest BCUT2D eigenvalue weighted by molar-refractivity contribution is 7.10. The van der Waals surface area contributed by atoms with Crippen LogP contribution in [0.2, 0.25) is 0 Å². The highest BCUT2D eigenvalue weighted by Crippen LogP contribution is 2.29. The Labute approximate surface area is 134 Å². The minimum Gasteiger partial charge on any atom is -0.371 e. The van der Waals surface area contributed by atoms with Crippen LogP contribution in [0.15, 0.2) is 42.0 Å². The molecule has 3 heterocycles. The SMILES string of the molecule is C[C@H](C(=O)N[C@H]1CCCO[C@@H]1c1ccncc1)c1cccs1. The third-order valence-corrected chi connectivity index (χ3v) is 5.10. The second-order valence-corrected chi connectivity index (χ2v) is 6.55. The van der Waals surface area contributed by atoms with Crippen molar-refractivity contribution in [2.24, 2.45) is 0 Å². The first kappa shape index (κ1) is 15.2. The third-order valence-electron chi connectivity index (χ3n) is 4.05. The molecule has 5 heteroatoms. The van der Waals surface area contributed by atoms with Crippen LogP contribution in [0.25, 0.3) is 0 Å². The molecule has 0 spiro atoms. The number of amides is 1. The predicted molar refractivity (Wildman–Crippen MR) is 86.8 cm³/mol. The molecule has 22 heavy (non-hydrogen) atoms. The lowest BCUT2D eigenvalue weighted by molar-refractivity contribution is -0.125. The zero-order chi connectivity index (χ0) is 15.4. The first-order chi connectivity index (χ1) is 10.8. The number of rotatable bonds is 4. The normalized spacial score (nSPS) is 23.0. The van der Waals surface area contributed by atoms with Crippen molar-refractivity contribution in [1.82, 2.24) is 10.3 Å². The van der Waals surface area contributed by atoms with Crippen LogP contribution in [0.4, 0.5) is 0 Å². The summed E-state index contributed by atoms with van der Waals surface area (Å²) < 4.78 is 5.91. The van der Waals surface area contributed by atoms with Gasteiger partial charge in [-0.05, 0) is 48.9 Å². The summed E-state index contributed by atoms with van der Waals surface area (Å²) in [6.07, 6.45) is 5.35. The van der Waals surface area contributed by atoms with Crippen molar-refractivity contribution in [3.05, 3.63) is 52.5 Å². The summed E-state index contributed by atoms with van der Waals surface area (Å²) in [5.41, 5.74) is 1.07. The second-order valence-electron chi connectivity index (χ2n) is 5.57. The van der Waals surface area contributed by atoms with Gasteiger partial charge in [0.2, 0.25) is 5.91 Å². The van der Waals surface area contributed by atoms with Crippen LogP contribution >= 0.6 is 11.3 Å². The topological polar surface area (TPSA) is 51.2 Å². The summed E-state index contributed by atoms with van der Waals surface area (Å²) in [5, 5.41) is 5.18. The standard InChI is InChI=1S/C17H20N2O2S/c1-12(15-5-3-11-22-15)17(20)19-14-4-2-10-21-16(14)13-6-8-18-9-7-13/h3,5-9,11-12,14,16H,2,4,10H2,1H3,(H,19,20)/t12-,14-,16+/m0/s1. The first-order valence-corrected chi connectivity index (χ1v) is 8.49. The predicted octanol–water partition coefficient (Wildman–Crippen LogP) is 3.28. The van der Waals surface area contributed by atoms with Crippen LogP contribution in [0.1, 0.15) is 42.2 Å². The average molecular weight is 316 g/mol. The van der Waals surface area contributed by atoms with Gasteiger partial charge in [0.15, 0.2) is 0 Å². The molecule has 3 rings (SSSR count). The maximum atomic E-state index is 12.5. The Morgan fingerprint density at radius 3 is 2.95 bits per heavy atom. The first-order valence-electron chi connectivity index (χ1n) is 7.61. The second kappa shape index (κ2) is 7.03. The summed E-state index contributed by atoms with van der Waals surface area (Å²) in [6.45, 7) is 2.69. The number of carbonyl (C=O) groups excluding carboxylic acids is 1. The van der Waals surface area contributed by atoms with Crippen LogP contribution in [-0.4, -0.2) is 23.5 Å². The molecule has 1 saturated heterocycles. The van der Waals surface area contributed by atoms with E-state index in [1.54, 1.807) is 23.7 Å². The van der Waals surface area contributed by atoms with E-state index in [0.717, 1.165) is 29.9 Å². The summed E-state index contributed by atoms with van der Waals surface area (Å²) in [6, 6.07) is 7.92. The van der Waals surface area contributed by atoms with E-state index < -0.39 is 0 Å². The molecule has 2 aromatic rings. The van der Waals surface area contributed by atoms with Crippen molar-refractivity contribution < 1.29 is 9.53 Å².